The summed E-state index contributed by atoms with van der Waals surface area (Å²) >= 11 is 4.57. The fraction of sp³-hybridized carbons (Fsp3) is 0. The van der Waals surface area contributed by atoms with Gasteiger partial charge in [0.15, 0.2) is 11.5 Å². The molecule has 1 aromatic rings. The Balaban J connectivity index is 3.18. The summed E-state index contributed by atoms with van der Waals surface area (Å²) in [5.74, 6) is -1.88. The van der Waals surface area contributed by atoms with Crippen LogP contribution in [-0.2, 0) is 4.79 Å². The Hall–Kier alpha value is -2.08. The van der Waals surface area contributed by atoms with Gasteiger partial charge in [-0.3, -0.25) is 0 Å². The monoisotopic (exact) mass is 239 g/mol. The van der Waals surface area contributed by atoms with Crippen LogP contribution in [0.2, 0.25) is 0 Å². The van der Waals surface area contributed by atoms with Crippen LogP contribution in [0.4, 0.5) is 0 Å². The smallest absolute Gasteiger partial charge is 0.338 e. The number of carbonyl (C=O) groups is 1. The first kappa shape index (κ1) is 12.0. The molecule has 0 spiro atoms. The Labute approximate surface area is 96.4 Å². The van der Waals surface area contributed by atoms with Crippen molar-refractivity contribution in [2.75, 3.05) is 0 Å². The maximum absolute atomic E-state index is 10.7. The van der Waals surface area contributed by atoms with E-state index in [4.69, 9.17) is 15.9 Å². The number of hydrogen-bond donors (Lipinski definition) is 4. The van der Waals surface area contributed by atoms with Crippen LogP contribution in [0.3, 0.4) is 0 Å². The van der Waals surface area contributed by atoms with Crippen molar-refractivity contribution in [3.63, 3.8) is 0 Å². The second-order valence-electron chi connectivity index (χ2n) is 2.98. The van der Waals surface area contributed by atoms with Gasteiger partial charge in [0.25, 0.3) is 0 Å². The molecule has 5 N–H and O–H groups in total. The average molecular weight is 239 g/mol. The molecule has 0 unspecified atom stereocenters. The van der Waals surface area contributed by atoms with E-state index in [2.05, 4.69) is 12.2 Å². The molecule has 6 heteroatoms. The number of nitrogens with two attached hydrogens (primary N) is 1. The number of rotatable bonds is 3. The summed E-state index contributed by atoms with van der Waals surface area (Å²) in [6.45, 7) is 0. The lowest BCUT2D eigenvalue weighted by atomic mass is 10.1. The highest BCUT2D eigenvalue weighted by Crippen LogP contribution is 2.25. The van der Waals surface area contributed by atoms with Crippen molar-refractivity contribution in [2.24, 2.45) is 5.73 Å². The molecule has 0 fully saturated rings. The third kappa shape index (κ3) is 2.71. The van der Waals surface area contributed by atoms with Crippen molar-refractivity contribution in [3.05, 3.63) is 29.3 Å². The largest absolute Gasteiger partial charge is 0.504 e. The Bertz CT molecular complexity index is 466. The van der Waals surface area contributed by atoms with Gasteiger partial charge in [-0.15, -0.1) is 0 Å². The SMILES string of the molecule is NC(=S)/C(=C/c1ccc(O)c(O)c1)C(=O)O. The number of benzene rings is 1. The summed E-state index contributed by atoms with van der Waals surface area (Å²) in [7, 11) is 0. The molecule has 16 heavy (non-hydrogen) atoms. The summed E-state index contributed by atoms with van der Waals surface area (Å²) in [5, 5.41) is 27.0. The Morgan fingerprint density at radius 1 is 1.31 bits per heavy atom. The van der Waals surface area contributed by atoms with Crippen molar-refractivity contribution < 1.29 is 20.1 Å². The second kappa shape index (κ2) is 4.63. The number of carboxylic acid groups (broad SMARTS) is 1. The van der Waals surface area contributed by atoms with Gasteiger partial charge in [-0.05, 0) is 23.8 Å². The van der Waals surface area contributed by atoms with Crippen LogP contribution < -0.4 is 5.73 Å². The molecule has 5 nitrogen and oxygen atoms in total. The van der Waals surface area contributed by atoms with E-state index in [1.807, 2.05) is 0 Å². The minimum absolute atomic E-state index is 0.236. The molecule has 0 atom stereocenters. The molecule has 0 saturated carbocycles. The van der Waals surface area contributed by atoms with Crippen molar-refractivity contribution in [2.45, 2.75) is 0 Å². The fourth-order valence-corrected chi connectivity index (χ4v) is 1.18. The second-order valence-corrected chi connectivity index (χ2v) is 3.42. The van der Waals surface area contributed by atoms with E-state index in [1.54, 1.807) is 0 Å². The van der Waals surface area contributed by atoms with E-state index in [-0.39, 0.29) is 22.1 Å². The maximum Gasteiger partial charge on any atom is 0.338 e. The van der Waals surface area contributed by atoms with Gasteiger partial charge in [-0.1, -0.05) is 18.3 Å². The Kier molecular flexibility index (Phi) is 3.47. The number of phenols is 2. The van der Waals surface area contributed by atoms with Gasteiger partial charge in [0.1, 0.15) is 4.99 Å². The van der Waals surface area contributed by atoms with Crippen LogP contribution >= 0.6 is 12.2 Å². The maximum atomic E-state index is 10.7. The summed E-state index contributed by atoms with van der Waals surface area (Å²) in [6.07, 6.45) is 1.21. The molecule has 1 aromatic carbocycles. The van der Waals surface area contributed by atoms with E-state index in [0.717, 1.165) is 0 Å². The highest BCUT2D eigenvalue weighted by atomic mass is 32.1. The summed E-state index contributed by atoms with van der Waals surface area (Å²) in [4.78, 5) is 10.5. The van der Waals surface area contributed by atoms with Crippen LogP contribution in [-0.4, -0.2) is 26.3 Å². The molecule has 0 saturated heterocycles. The van der Waals surface area contributed by atoms with Gasteiger partial charge in [0.05, 0.1) is 5.57 Å². The molecule has 0 amide bonds. The first-order valence-electron chi connectivity index (χ1n) is 4.18. The lowest BCUT2D eigenvalue weighted by Crippen LogP contribution is -2.18. The third-order valence-electron chi connectivity index (χ3n) is 1.81. The molecule has 0 aliphatic heterocycles. The van der Waals surface area contributed by atoms with Crippen molar-refractivity contribution >= 4 is 29.3 Å². The molecular formula is C10H9NO4S. The number of carboxylic acids is 1. The van der Waals surface area contributed by atoms with Gasteiger partial charge in [0, 0.05) is 0 Å². The molecule has 0 aliphatic rings. The lowest BCUT2D eigenvalue weighted by molar-refractivity contribution is -0.131. The van der Waals surface area contributed by atoms with Gasteiger partial charge < -0.3 is 21.1 Å². The molecule has 0 heterocycles. The topological polar surface area (TPSA) is 104 Å². The minimum atomic E-state index is -1.25. The normalized spacial score (nSPS) is 11.1. The van der Waals surface area contributed by atoms with E-state index in [9.17, 15) is 9.90 Å². The van der Waals surface area contributed by atoms with Crippen LogP contribution in [0.1, 0.15) is 5.56 Å². The van der Waals surface area contributed by atoms with Crippen molar-refractivity contribution in [1.82, 2.24) is 0 Å². The van der Waals surface area contributed by atoms with Gasteiger partial charge >= 0.3 is 5.97 Å². The highest BCUT2D eigenvalue weighted by molar-refractivity contribution is 7.80. The number of hydrogen-bond acceptors (Lipinski definition) is 4. The minimum Gasteiger partial charge on any atom is -0.504 e. The first-order valence-corrected chi connectivity index (χ1v) is 4.59. The summed E-state index contributed by atoms with van der Waals surface area (Å²) < 4.78 is 0. The molecule has 1 rings (SSSR count). The Morgan fingerprint density at radius 3 is 2.38 bits per heavy atom. The fourth-order valence-electron chi connectivity index (χ4n) is 1.04. The van der Waals surface area contributed by atoms with Crippen LogP contribution in [0, 0.1) is 0 Å². The van der Waals surface area contributed by atoms with Crippen molar-refractivity contribution in [3.8, 4) is 11.5 Å². The highest BCUT2D eigenvalue weighted by Gasteiger charge is 2.10. The van der Waals surface area contributed by atoms with Gasteiger partial charge in [0.2, 0.25) is 0 Å². The lowest BCUT2D eigenvalue weighted by Gasteiger charge is -2.01. The molecular weight excluding hydrogens is 230 g/mol. The summed E-state index contributed by atoms with van der Waals surface area (Å²) in [6, 6.07) is 3.87. The zero-order valence-corrected chi connectivity index (χ0v) is 8.86. The number of aliphatic carboxylic acids is 1. The van der Waals surface area contributed by atoms with Crippen LogP contribution in [0.25, 0.3) is 6.08 Å². The number of phenolic OH excluding ortho intramolecular Hbond substituents is 2. The standard InChI is InChI=1S/C10H9NO4S/c11-9(16)6(10(14)15)3-5-1-2-7(12)8(13)4-5/h1-4,12-13H,(H2,11,16)(H,14,15)/b6-3-. The van der Waals surface area contributed by atoms with Gasteiger partial charge in [-0.25, -0.2) is 4.79 Å². The average Bonchev–Trinajstić information content (AvgIpc) is 2.18. The zero-order chi connectivity index (χ0) is 12.3. The van der Waals surface area contributed by atoms with E-state index < -0.39 is 5.97 Å². The van der Waals surface area contributed by atoms with E-state index >= 15 is 0 Å². The molecule has 0 aromatic heterocycles. The summed E-state index contributed by atoms with van der Waals surface area (Å²) in [5.41, 5.74) is 5.36. The van der Waals surface area contributed by atoms with Gasteiger partial charge in [-0.2, -0.15) is 0 Å². The quantitative estimate of drug-likeness (QED) is 0.354. The predicted octanol–water partition coefficient (Wildman–Crippen LogP) is 0.852. The van der Waals surface area contributed by atoms with E-state index in [0.29, 0.717) is 5.56 Å². The third-order valence-corrected chi connectivity index (χ3v) is 2.03. The van der Waals surface area contributed by atoms with Crippen LogP contribution in [0.15, 0.2) is 23.8 Å². The predicted molar refractivity (Wildman–Crippen MR) is 62.2 cm³/mol. The van der Waals surface area contributed by atoms with E-state index in [1.165, 1.54) is 24.3 Å². The van der Waals surface area contributed by atoms with Crippen molar-refractivity contribution in [1.29, 1.82) is 0 Å². The Morgan fingerprint density at radius 2 is 1.94 bits per heavy atom. The first-order chi connectivity index (χ1) is 7.41. The number of aromatic hydroxyl groups is 2. The molecule has 0 radical (unpaired) electrons. The molecule has 0 aliphatic carbocycles. The molecule has 84 valence electrons. The molecule has 0 bridgehead atoms. The van der Waals surface area contributed by atoms with Crippen LogP contribution in [0.5, 0.6) is 11.5 Å². The number of thiocarbonyl (C=S) groups is 1. The zero-order valence-electron chi connectivity index (χ0n) is 8.04.